The highest BCUT2D eigenvalue weighted by Crippen LogP contribution is 2.23. The van der Waals surface area contributed by atoms with Gasteiger partial charge < -0.3 is 4.90 Å². The van der Waals surface area contributed by atoms with Crippen molar-refractivity contribution in [2.75, 3.05) is 20.1 Å². The average Bonchev–Trinajstić information content (AvgIpc) is 2.69. The Balaban J connectivity index is 2.03. The molecule has 0 bridgehead atoms. The third-order valence-corrected chi connectivity index (χ3v) is 5.86. The summed E-state index contributed by atoms with van der Waals surface area (Å²) in [5.41, 5.74) is 0. The predicted octanol–water partition coefficient (Wildman–Crippen LogP) is 1.17. The fraction of sp³-hybridized carbons (Fsp3) is 0.667. The van der Waals surface area contributed by atoms with Crippen LogP contribution in [0.5, 0.6) is 0 Å². The molecule has 0 unspecified atom stereocenters. The van der Waals surface area contributed by atoms with Crippen molar-refractivity contribution in [3.8, 4) is 0 Å². The van der Waals surface area contributed by atoms with Crippen molar-refractivity contribution in [3.05, 3.63) is 10.7 Å². The van der Waals surface area contributed by atoms with Crippen LogP contribution >= 0.6 is 22.9 Å². The van der Waals surface area contributed by atoms with E-state index in [2.05, 4.69) is 14.6 Å². The summed E-state index contributed by atoms with van der Waals surface area (Å²) in [5.74, 6) is 0. The van der Waals surface area contributed by atoms with Crippen LogP contribution < -0.4 is 4.72 Å². The van der Waals surface area contributed by atoms with Crippen molar-refractivity contribution < 1.29 is 8.42 Å². The molecule has 17 heavy (non-hydrogen) atoms. The predicted molar refractivity (Wildman–Crippen MR) is 68.0 cm³/mol. The molecule has 1 fully saturated rings. The molecule has 5 nitrogen and oxygen atoms in total. The van der Waals surface area contributed by atoms with Gasteiger partial charge in [-0.05, 0) is 33.0 Å². The summed E-state index contributed by atoms with van der Waals surface area (Å²) in [5, 5.41) is 0. The van der Waals surface area contributed by atoms with Gasteiger partial charge in [0.1, 0.15) is 0 Å². The van der Waals surface area contributed by atoms with Crippen molar-refractivity contribution in [1.82, 2.24) is 14.6 Å². The van der Waals surface area contributed by atoms with Gasteiger partial charge in [-0.1, -0.05) is 22.9 Å². The lowest BCUT2D eigenvalue weighted by atomic mass is 10.1. The van der Waals surface area contributed by atoms with Crippen LogP contribution in [0, 0.1) is 0 Å². The van der Waals surface area contributed by atoms with Gasteiger partial charge >= 0.3 is 0 Å². The van der Waals surface area contributed by atoms with Crippen LogP contribution in [0.4, 0.5) is 0 Å². The second-order valence-corrected chi connectivity index (χ2v) is 7.68. The van der Waals surface area contributed by atoms with E-state index in [0.717, 1.165) is 37.3 Å². The molecular weight excluding hydrogens is 282 g/mol. The van der Waals surface area contributed by atoms with Gasteiger partial charge in [-0.2, -0.15) is 0 Å². The number of halogens is 1. The molecule has 1 aliphatic heterocycles. The van der Waals surface area contributed by atoms with Crippen LogP contribution in [0.2, 0.25) is 4.47 Å². The van der Waals surface area contributed by atoms with Gasteiger partial charge in [-0.3, -0.25) is 0 Å². The topological polar surface area (TPSA) is 62.3 Å². The molecule has 2 heterocycles. The van der Waals surface area contributed by atoms with Gasteiger partial charge in [0.15, 0.2) is 8.68 Å². The van der Waals surface area contributed by atoms with Crippen LogP contribution in [0.1, 0.15) is 12.8 Å². The molecule has 0 radical (unpaired) electrons. The molecule has 0 aliphatic carbocycles. The minimum atomic E-state index is -3.45. The first-order chi connectivity index (χ1) is 7.97. The van der Waals surface area contributed by atoms with Crippen LogP contribution in [-0.2, 0) is 10.0 Å². The highest BCUT2D eigenvalue weighted by atomic mass is 35.5. The first kappa shape index (κ1) is 13.2. The SMILES string of the molecule is CN1CCC(NS(=O)(=O)c2cnc(Cl)s2)CC1. The van der Waals surface area contributed by atoms with E-state index >= 15 is 0 Å². The van der Waals surface area contributed by atoms with Crippen molar-refractivity contribution in [3.63, 3.8) is 0 Å². The average molecular weight is 296 g/mol. The largest absolute Gasteiger partial charge is 0.306 e. The molecule has 1 aromatic rings. The number of nitrogens with one attached hydrogen (secondary N) is 1. The van der Waals surface area contributed by atoms with Gasteiger partial charge in [0.05, 0.1) is 6.20 Å². The number of hydrogen-bond donors (Lipinski definition) is 1. The number of nitrogens with zero attached hydrogens (tertiary/aromatic N) is 2. The number of aromatic nitrogens is 1. The zero-order valence-electron chi connectivity index (χ0n) is 9.39. The van der Waals surface area contributed by atoms with E-state index in [1.165, 1.54) is 6.20 Å². The van der Waals surface area contributed by atoms with E-state index in [1.807, 2.05) is 7.05 Å². The maximum absolute atomic E-state index is 12.0. The molecule has 1 N–H and O–H groups in total. The first-order valence-corrected chi connectivity index (χ1v) is 7.97. The zero-order valence-corrected chi connectivity index (χ0v) is 11.8. The molecule has 0 spiro atoms. The maximum atomic E-state index is 12.0. The fourth-order valence-corrected chi connectivity index (χ4v) is 4.38. The minimum Gasteiger partial charge on any atom is -0.306 e. The monoisotopic (exact) mass is 295 g/mol. The van der Waals surface area contributed by atoms with Crippen molar-refractivity contribution in [1.29, 1.82) is 0 Å². The summed E-state index contributed by atoms with van der Waals surface area (Å²) in [7, 11) is -1.42. The third kappa shape index (κ3) is 3.38. The molecule has 2 rings (SSSR count). The van der Waals surface area contributed by atoms with Crippen molar-refractivity contribution in [2.45, 2.75) is 23.1 Å². The molecule has 0 amide bonds. The summed E-state index contributed by atoms with van der Waals surface area (Å²) in [4.78, 5) is 5.93. The van der Waals surface area contributed by atoms with Crippen LogP contribution in [-0.4, -0.2) is 44.5 Å². The van der Waals surface area contributed by atoms with Crippen LogP contribution in [0.25, 0.3) is 0 Å². The second kappa shape index (κ2) is 5.19. The van der Waals surface area contributed by atoms with Gasteiger partial charge in [0.2, 0.25) is 0 Å². The smallest absolute Gasteiger partial charge is 0.251 e. The maximum Gasteiger partial charge on any atom is 0.251 e. The number of likely N-dealkylation sites (tertiary alicyclic amines) is 1. The number of hydrogen-bond acceptors (Lipinski definition) is 5. The molecule has 1 aliphatic rings. The van der Waals surface area contributed by atoms with Gasteiger partial charge in [-0.25, -0.2) is 18.1 Å². The fourth-order valence-electron chi connectivity index (χ4n) is 1.77. The summed E-state index contributed by atoms with van der Waals surface area (Å²) < 4.78 is 27.1. The molecule has 0 atom stereocenters. The number of thiazole rings is 1. The van der Waals surface area contributed by atoms with Gasteiger partial charge in [0.25, 0.3) is 10.0 Å². The molecule has 1 aromatic heterocycles. The Morgan fingerprint density at radius 1 is 1.53 bits per heavy atom. The molecular formula is C9H14ClN3O2S2. The summed E-state index contributed by atoms with van der Waals surface area (Å²) in [6.07, 6.45) is 2.97. The summed E-state index contributed by atoms with van der Waals surface area (Å²) in [6, 6.07) is 0.0112. The molecule has 96 valence electrons. The lowest BCUT2D eigenvalue weighted by Crippen LogP contribution is -2.43. The Labute approximate surface area is 110 Å². The van der Waals surface area contributed by atoms with Crippen molar-refractivity contribution >= 4 is 33.0 Å². The third-order valence-electron chi connectivity index (χ3n) is 2.76. The van der Waals surface area contributed by atoms with E-state index < -0.39 is 10.0 Å². The van der Waals surface area contributed by atoms with E-state index in [0.29, 0.717) is 0 Å². The molecule has 1 saturated heterocycles. The lowest BCUT2D eigenvalue weighted by Gasteiger charge is -2.28. The summed E-state index contributed by atoms with van der Waals surface area (Å²) in [6.45, 7) is 1.83. The molecule has 0 saturated carbocycles. The van der Waals surface area contributed by atoms with E-state index in [4.69, 9.17) is 11.6 Å². The Kier molecular flexibility index (Phi) is 4.04. The van der Waals surface area contributed by atoms with Crippen LogP contribution in [0.3, 0.4) is 0 Å². The number of rotatable bonds is 3. The highest BCUT2D eigenvalue weighted by Gasteiger charge is 2.24. The summed E-state index contributed by atoms with van der Waals surface area (Å²) >= 11 is 6.61. The van der Waals surface area contributed by atoms with E-state index in [-0.39, 0.29) is 14.7 Å². The van der Waals surface area contributed by atoms with E-state index in [9.17, 15) is 8.42 Å². The Bertz CT molecular complexity index is 480. The Morgan fingerprint density at radius 2 is 2.18 bits per heavy atom. The number of sulfonamides is 1. The van der Waals surface area contributed by atoms with Crippen molar-refractivity contribution in [2.24, 2.45) is 0 Å². The molecule has 8 heteroatoms. The zero-order chi connectivity index (χ0) is 12.5. The highest BCUT2D eigenvalue weighted by molar-refractivity contribution is 7.91. The van der Waals surface area contributed by atoms with Gasteiger partial charge in [-0.15, -0.1) is 0 Å². The number of piperidine rings is 1. The Morgan fingerprint density at radius 3 is 2.71 bits per heavy atom. The normalized spacial score (nSPS) is 19.6. The van der Waals surface area contributed by atoms with E-state index in [1.54, 1.807) is 0 Å². The quantitative estimate of drug-likeness (QED) is 0.909. The Hall–Kier alpha value is -0.210. The minimum absolute atomic E-state index is 0.0112. The van der Waals surface area contributed by atoms with Gasteiger partial charge in [0, 0.05) is 6.04 Å². The standard InChI is InChI=1S/C9H14ClN3O2S2/c1-13-4-2-7(3-5-13)12-17(14,15)8-6-11-9(10)16-8/h6-7,12H,2-5H2,1H3. The molecule has 0 aromatic carbocycles. The first-order valence-electron chi connectivity index (χ1n) is 5.29. The second-order valence-electron chi connectivity index (χ2n) is 4.13. The lowest BCUT2D eigenvalue weighted by molar-refractivity contribution is 0.248. The van der Waals surface area contributed by atoms with Crippen LogP contribution in [0.15, 0.2) is 10.4 Å².